The lowest BCUT2D eigenvalue weighted by Crippen LogP contribution is -2.39. The third kappa shape index (κ3) is 3.12. The zero-order chi connectivity index (χ0) is 14.8. The van der Waals surface area contributed by atoms with Crippen LogP contribution in [-0.2, 0) is 6.42 Å². The fourth-order valence-electron chi connectivity index (χ4n) is 3.00. The van der Waals surface area contributed by atoms with Crippen molar-refractivity contribution in [3.05, 3.63) is 71.3 Å². The average molecular weight is 288 g/mol. The number of hydrogen-bond donors (Lipinski definition) is 2. The number of rotatable bonds is 5. The molecule has 3 N–H and O–H groups in total. The summed E-state index contributed by atoms with van der Waals surface area (Å²) in [5.74, 6) is 5.43. The lowest BCUT2D eigenvalue weighted by Gasteiger charge is -2.16. The molecule has 2 nitrogen and oxygen atoms in total. The Balaban J connectivity index is 1.70. The van der Waals surface area contributed by atoms with E-state index >= 15 is 0 Å². The van der Waals surface area contributed by atoms with Crippen LogP contribution in [0.1, 0.15) is 23.5 Å². The van der Waals surface area contributed by atoms with Crippen molar-refractivity contribution in [3.8, 4) is 0 Å². The third-order valence-electron chi connectivity index (χ3n) is 4.25. The normalized spacial score (nSPS) is 22.0. The molecular weight excluding hydrogens is 270 g/mol. The van der Waals surface area contributed by atoms with Crippen molar-refractivity contribution in [2.24, 2.45) is 11.8 Å². The van der Waals surface area contributed by atoms with Crippen LogP contribution in [-0.4, -0.2) is 6.04 Å². The van der Waals surface area contributed by atoms with Crippen LogP contribution < -0.4 is 11.3 Å². The molecule has 0 aromatic heterocycles. The summed E-state index contributed by atoms with van der Waals surface area (Å²) in [5.41, 5.74) is 4.59. The van der Waals surface area contributed by atoms with Gasteiger partial charge in [-0.25, -0.2) is 8.78 Å². The first-order chi connectivity index (χ1) is 10.2. The van der Waals surface area contributed by atoms with E-state index in [-0.39, 0.29) is 6.04 Å². The summed E-state index contributed by atoms with van der Waals surface area (Å²) in [6, 6.07) is 14.0. The molecule has 0 radical (unpaired) electrons. The van der Waals surface area contributed by atoms with E-state index in [4.69, 9.17) is 5.84 Å². The maximum Gasteiger partial charge on any atom is 0.129 e. The Labute approximate surface area is 122 Å². The molecule has 2 aromatic rings. The quantitative estimate of drug-likeness (QED) is 0.655. The Bertz CT molecular complexity index is 615. The van der Waals surface area contributed by atoms with Gasteiger partial charge in [0.2, 0.25) is 0 Å². The molecule has 3 rings (SSSR count). The molecule has 3 atom stereocenters. The Morgan fingerprint density at radius 3 is 2.57 bits per heavy atom. The summed E-state index contributed by atoms with van der Waals surface area (Å²) in [5, 5.41) is 0. The molecule has 3 unspecified atom stereocenters. The summed E-state index contributed by atoms with van der Waals surface area (Å²) >= 11 is 0. The van der Waals surface area contributed by atoms with Gasteiger partial charge in [0.05, 0.1) is 0 Å². The zero-order valence-corrected chi connectivity index (χ0v) is 11.6. The van der Waals surface area contributed by atoms with Gasteiger partial charge in [-0.1, -0.05) is 36.4 Å². The minimum absolute atomic E-state index is 0.00447. The summed E-state index contributed by atoms with van der Waals surface area (Å²) in [4.78, 5) is 0. The summed E-state index contributed by atoms with van der Waals surface area (Å²) in [7, 11) is 0. The number of nitrogens with two attached hydrogens (primary N) is 1. The van der Waals surface area contributed by atoms with Crippen LogP contribution >= 0.6 is 0 Å². The first kappa shape index (κ1) is 14.2. The molecule has 110 valence electrons. The van der Waals surface area contributed by atoms with Crippen molar-refractivity contribution in [1.29, 1.82) is 0 Å². The lowest BCUT2D eigenvalue weighted by molar-refractivity contribution is 0.454. The minimum Gasteiger partial charge on any atom is -0.271 e. The molecule has 4 heteroatoms. The van der Waals surface area contributed by atoms with E-state index in [0.717, 1.165) is 12.5 Å². The van der Waals surface area contributed by atoms with Crippen molar-refractivity contribution in [3.63, 3.8) is 0 Å². The first-order valence-electron chi connectivity index (χ1n) is 7.14. The highest BCUT2D eigenvalue weighted by Gasteiger charge is 2.43. The monoisotopic (exact) mass is 288 g/mol. The molecule has 21 heavy (non-hydrogen) atoms. The van der Waals surface area contributed by atoms with Crippen LogP contribution in [0.2, 0.25) is 0 Å². The van der Waals surface area contributed by atoms with Gasteiger partial charge in [0.15, 0.2) is 0 Å². The summed E-state index contributed by atoms with van der Waals surface area (Å²) in [6.45, 7) is 0. The van der Waals surface area contributed by atoms with Gasteiger partial charge in [-0.15, -0.1) is 0 Å². The van der Waals surface area contributed by atoms with Crippen LogP contribution in [0.5, 0.6) is 0 Å². The van der Waals surface area contributed by atoms with Gasteiger partial charge in [0.1, 0.15) is 11.6 Å². The van der Waals surface area contributed by atoms with E-state index in [1.54, 1.807) is 0 Å². The highest BCUT2D eigenvalue weighted by Crippen LogP contribution is 2.49. The maximum atomic E-state index is 13.7. The molecule has 1 aliphatic carbocycles. The predicted molar refractivity (Wildman–Crippen MR) is 78.5 cm³/mol. The molecule has 0 bridgehead atoms. The molecule has 1 fully saturated rings. The molecule has 0 saturated heterocycles. The second kappa shape index (κ2) is 5.92. The van der Waals surface area contributed by atoms with E-state index in [2.05, 4.69) is 17.6 Å². The molecule has 1 saturated carbocycles. The van der Waals surface area contributed by atoms with Crippen LogP contribution in [0.3, 0.4) is 0 Å². The molecular formula is C17H18F2N2. The minimum atomic E-state index is -0.554. The van der Waals surface area contributed by atoms with Crippen molar-refractivity contribution >= 4 is 0 Å². The largest absolute Gasteiger partial charge is 0.271 e. The average Bonchev–Trinajstić information content (AvgIpc) is 3.28. The van der Waals surface area contributed by atoms with E-state index < -0.39 is 11.6 Å². The van der Waals surface area contributed by atoms with Crippen LogP contribution in [0.4, 0.5) is 8.78 Å². The zero-order valence-electron chi connectivity index (χ0n) is 11.6. The van der Waals surface area contributed by atoms with E-state index in [1.807, 2.05) is 18.2 Å². The number of hydrazine groups is 1. The van der Waals surface area contributed by atoms with Gasteiger partial charge < -0.3 is 0 Å². The highest BCUT2D eigenvalue weighted by molar-refractivity contribution is 5.28. The van der Waals surface area contributed by atoms with Crippen LogP contribution in [0.15, 0.2) is 48.5 Å². The smallest absolute Gasteiger partial charge is 0.129 e. The number of benzene rings is 2. The first-order valence-corrected chi connectivity index (χ1v) is 7.14. The van der Waals surface area contributed by atoms with Crippen molar-refractivity contribution < 1.29 is 8.78 Å². The van der Waals surface area contributed by atoms with E-state index in [9.17, 15) is 8.78 Å². The molecule has 0 heterocycles. The second-order valence-corrected chi connectivity index (χ2v) is 5.63. The Morgan fingerprint density at radius 2 is 1.90 bits per heavy atom. The maximum absolute atomic E-state index is 13.7. The highest BCUT2D eigenvalue weighted by atomic mass is 19.1. The van der Waals surface area contributed by atoms with Gasteiger partial charge in [0, 0.05) is 12.1 Å². The van der Waals surface area contributed by atoms with Crippen molar-refractivity contribution in [2.75, 3.05) is 0 Å². The Hall–Kier alpha value is -1.78. The van der Waals surface area contributed by atoms with Gasteiger partial charge in [-0.05, 0) is 41.9 Å². The fraction of sp³-hybridized carbons (Fsp3) is 0.294. The van der Waals surface area contributed by atoms with E-state index in [1.165, 1.54) is 17.7 Å². The number of nitrogens with one attached hydrogen (secondary N) is 1. The lowest BCUT2D eigenvalue weighted by atomic mass is 9.99. The predicted octanol–water partition coefficient (Wildman–Crippen LogP) is 3.14. The number of hydrogen-bond acceptors (Lipinski definition) is 2. The summed E-state index contributed by atoms with van der Waals surface area (Å²) < 4.78 is 26.7. The van der Waals surface area contributed by atoms with Crippen molar-refractivity contribution in [1.82, 2.24) is 5.43 Å². The standard InChI is InChI=1S/C17H18F2N2/c18-13-7-6-12(16(19)9-13)8-17(21-20)15-10-14(15)11-4-2-1-3-5-11/h1-7,9,14-15,17,21H,8,10,20H2. The second-order valence-electron chi connectivity index (χ2n) is 5.63. The number of halogens is 2. The van der Waals surface area contributed by atoms with Gasteiger partial charge in [-0.3, -0.25) is 11.3 Å². The summed E-state index contributed by atoms with van der Waals surface area (Å²) in [6.07, 6.45) is 1.51. The van der Waals surface area contributed by atoms with Gasteiger partial charge in [0.25, 0.3) is 0 Å². The molecule has 0 aliphatic heterocycles. The van der Waals surface area contributed by atoms with Gasteiger partial charge in [-0.2, -0.15) is 0 Å². The molecule has 2 aromatic carbocycles. The third-order valence-corrected chi connectivity index (χ3v) is 4.25. The van der Waals surface area contributed by atoms with Crippen LogP contribution in [0.25, 0.3) is 0 Å². The van der Waals surface area contributed by atoms with Crippen LogP contribution in [0, 0.1) is 17.6 Å². The molecule has 0 spiro atoms. The molecule has 1 aliphatic rings. The Kier molecular flexibility index (Phi) is 3.99. The van der Waals surface area contributed by atoms with Crippen molar-refractivity contribution in [2.45, 2.75) is 24.8 Å². The van der Waals surface area contributed by atoms with E-state index in [0.29, 0.717) is 23.8 Å². The fourth-order valence-corrected chi connectivity index (χ4v) is 3.00. The Morgan fingerprint density at radius 1 is 1.14 bits per heavy atom. The van der Waals surface area contributed by atoms with Gasteiger partial charge >= 0.3 is 0 Å². The topological polar surface area (TPSA) is 38.0 Å². The SMILES string of the molecule is NNC(Cc1ccc(F)cc1F)C1CC1c1ccccc1. The molecule has 0 amide bonds.